The zero-order valence-corrected chi connectivity index (χ0v) is 21.6. The molecule has 2 aromatic carbocycles. The molecule has 35 heavy (non-hydrogen) atoms. The molecule has 2 bridgehead atoms. The number of rotatable bonds is 6. The van der Waals surface area contributed by atoms with Gasteiger partial charge in [0.1, 0.15) is 17.3 Å². The van der Waals surface area contributed by atoms with Gasteiger partial charge in [-0.15, -0.1) is 11.3 Å². The number of para-hydroxylation sites is 1. The van der Waals surface area contributed by atoms with E-state index in [0.717, 1.165) is 36.7 Å². The minimum Gasteiger partial charge on any atom is -0.457 e. The van der Waals surface area contributed by atoms with Gasteiger partial charge in [0.05, 0.1) is 0 Å². The molecule has 5 heteroatoms. The fourth-order valence-corrected chi connectivity index (χ4v) is 7.52. The maximum Gasteiger partial charge on any atom is 0.132 e. The average Bonchev–Trinajstić information content (AvgIpc) is 3.47. The Bertz CT molecular complexity index is 1190. The summed E-state index contributed by atoms with van der Waals surface area (Å²) >= 11 is 1.89. The molecule has 0 saturated carbocycles. The smallest absolute Gasteiger partial charge is 0.132 e. The van der Waals surface area contributed by atoms with Gasteiger partial charge in [-0.2, -0.15) is 0 Å². The molecule has 0 spiro atoms. The molecule has 3 aromatic rings. The molecule has 0 radical (unpaired) electrons. The lowest BCUT2D eigenvalue weighted by Crippen LogP contribution is -2.43. The first-order chi connectivity index (χ1) is 17.2. The largest absolute Gasteiger partial charge is 0.457 e. The van der Waals surface area contributed by atoms with Crippen molar-refractivity contribution in [2.45, 2.75) is 64.1 Å². The SMILES string of the molecule is CCN(CC)C(=N)c1ccc2c(c1)Oc1ccccc1C2C1CC2CCC(C1)N2Cc1cccs1. The van der Waals surface area contributed by atoms with E-state index in [1.807, 2.05) is 11.3 Å². The number of thiophene rings is 1. The number of amidine groups is 1. The van der Waals surface area contributed by atoms with E-state index in [9.17, 15) is 0 Å². The highest BCUT2D eigenvalue weighted by atomic mass is 32.1. The maximum absolute atomic E-state index is 8.72. The van der Waals surface area contributed by atoms with E-state index in [1.165, 1.54) is 41.7 Å². The van der Waals surface area contributed by atoms with E-state index in [2.05, 4.69) is 83.6 Å². The maximum atomic E-state index is 8.72. The second-order valence-electron chi connectivity index (χ2n) is 10.3. The van der Waals surface area contributed by atoms with E-state index in [4.69, 9.17) is 10.1 Å². The van der Waals surface area contributed by atoms with Crippen LogP contribution in [0.5, 0.6) is 11.5 Å². The first-order valence-corrected chi connectivity index (χ1v) is 14.1. The van der Waals surface area contributed by atoms with E-state index in [0.29, 0.717) is 29.8 Å². The highest BCUT2D eigenvalue weighted by Gasteiger charge is 2.45. The number of hydrogen-bond acceptors (Lipinski definition) is 4. The third-order valence-corrected chi connectivity index (χ3v) is 9.35. The van der Waals surface area contributed by atoms with E-state index < -0.39 is 0 Å². The molecule has 182 valence electrons. The summed E-state index contributed by atoms with van der Waals surface area (Å²) in [4.78, 5) is 6.38. The van der Waals surface area contributed by atoms with Gasteiger partial charge >= 0.3 is 0 Å². The van der Waals surface area contributed by atoms with Crippen LogP contribution in [0.15, 0.2) is 60.0 Å². The van der Waals surface area contributed by atoms with Crippen LogP contribution in [0.1, 0.15) is 67.0 Å². The second-order valence-corrected chi connectivity index (χ2v) is 11.3. The van der Waals surface area contributed by atoms with Crippen molar-refractivity contribution in [3.8, 4) is 11.5 Å². The van der Waals surface area contributed by atoms with Gasteiger partial charge in [-0.3, -0.25) is 10.3 Å². The lowest BCUT2D eigenvalue weighted by Gasteiger charge is -2.43. The zero-order valence-electron chi connectivity index (χ0n) is 20.7. The fraction of sp³-hybridized carbons (Fsp3) is 0.433. The predicted molar refractivity (Wildman–Crippen MR) is 144 cm³/mol. The monoisotopic (exact) mass is 485 g/mol. The Morgan fingerprint density at radius 2 is 1.71 bits per heavy atom. The van der Waals surface area contributed by atoms with E-state index >= 15 is 0 Å². The van der Waals surface area contributed by atoms with Gasteiger partial charge in [0, 0.05) is 59.2 Å². The van der Waals surface area contributed by atoms with Crippen LogP contribution < -0.4 is 4.74 Å². The summed E-state index contributed by atoms with van der Waals surface area (Å²) in [5.74, 6) is 3.49. The third-order valence-electron chi connectivity index (χ3n) is 8.49. The summed E-state index contributed by atoms with van der Waals surface area (Å²) in [6, 6.07) is 21.0. The lowest BCUT2D eigenvalue weighted by molar-refractivity contribution is 0.0898. The Balaban J connectivity index is 1.32. The summed E-state index contributed by atoms with van der Waals surface area (Å²) in [5.41, 5.74) is 3.58. The van der Waals surface area contributed by atoms with Crippen molar-refractivity contribution in [2.75, 3.05) is 13.1 Å². The van der Waals surface area contributed by atoms with Crippen LogP contribution in [0.4, 0.5) is 0 Å². The van der Waals surface area contributed by atoms with Crippen molar-refractivity contribution in [2.24, 2.45) is 5.92 Å². The Labute approximate surface area is 213 Å². The van der Waals surface area contributed by atoms with Crippen molar-refractivity contribution >= 4 is 17.2 Å². The molecule has 0 aliphatic carbocycles. The van der Waals surface area contributed by atoms with Gasteiger partial charge < -0.3 is 9.64 Å². The molecule has 3 aliphatic rings. The normalized spacial score (nSPS) is 25.0. The van der Waals surface area contributed by atoms with Crippen molar-refractivity contribution in [1.29, 1.82) is 5.41 Å². The number of hydrogen-bond donors (Lipinski definition) is 1. The number of ether oxygens (including phenoxy) is 1. The molecule has 6 rings (SSSR count). The van der Waals surface area contributed by atoms with Crippen LogP contribution in [0.2, 0.25) is 0 Å². The fourth-order valence-electron chi connectivity index (χ4n) is 6.80. The average molecular weight is 486 g/mol. The van der Waals surface area contributed by atoms with Crippen LogP contribution >= 0.6 is 11.3 Å². The van der Waals surface area contributed by atoms with Crippen molar-refractivity contribution in [3.05, 3.63) is 81.5 Å². The number of nitrogens with zero attached hydrogens (tertiary/aromatic N) is 2. The molecule has 3 aliphatic heterocycles. The van der Waals surface area contributed by atoms with Crippen LogP contribution in [0.25, 0.3) is 0 Å². The molecule has 1 aromatic heterocycles. The van der Waals surface area contributed by atoms with Gasteiger partial charge in [0.2, 0.25) is 0 Å². The molecular weight excluding hydrogens is 450 g/mol. The van der Waals surface area contributed by atoms with Crippen molar-refractivity contribution < 1.29 is 4.74 Å². The standard InChI is InChI=1S/C30H35N3OS/c1-3-32(4-2)30(31)20-11-14-26-28(18-20)34-27-10-6-5-9-25(27)29(26)21-16-22-12-13-23(17-21)33(22)19-24-8-7-15-35-24/h5-11,14-15,18,21-23,29,31H,3-4,12-13,16-17,19H2,1-2H3. The molecule has 1 N–H and O–H groups in total. The summed E-state index contributed by atoms with van der Waals surface area (Å²) in [5, 5.41) is 10.9. The van der Waals surface area contributed by atoms with Gasteiger partial charge in [0.25, 0.3) is 0 Å². The minimum absolute atomic E-state index is 0.360. The minimum atomic E-state index is 0.360. The van der Waals surface area contributed by atoms with Crippen molar-refractivity contribution in [1.82, 2.24) is 9.80 Å². The Morgan fingerprint density at radius 1 is 0.971 bits per heavy atom. The van der Waals surface area contributed by atoms with Crippen LogP contribution in [-0.2, 0) is 6.54 Å². The second kappa shape index (κ2) is 9.44. The van der Waals surface area contributed by atoms with Crippen LogP contribution in [-0.4, -0.2) is 40.8 Å². The summed E-state index contributed by atoms with van der Waals surface area (Å²) in [7, 11) is 0. The summed E-state index contributed by atoms with van der Waals surface area (Å²) in [6.45, 7) is 7.01. The molecular formula is C30H35N3OS. The molecule has 2 fully saturated rings. The molecule has 4 heterocycles. The highest BCUT2D eigenvalue weighted by molar-refractivity contribution is 7.09. The molecule has 3 atom stereocenters. The number of fused-ring (bicyclic) bond motifs is 4. The van der Waals surface area contributed by atoms with E-state index in [1.54, 1.807) is 0 Å². The van der Waals surface area contributed by atoms with Gasteiger partial charge in [-0.25, -0.2) is 0 Å². The number of benzene rings is 2. The first-order valence-electron chi connectivity index (χ1n) is 13.2. The first kappa shape index (κ1) is 22.8. The molecule has 3 unspecified atom stereocenters. The summed E-state index contributed by atoms with van der Waals surface area (Å²) < 4.78 is 6.47. The van der Waals surface area contributed by atoms with Gasteiger partial charge in [-0.05, 0) is 69.0 Å². The van der Waals surface area contributed by atoms with Gasteiger partial charge in [0.15, 0.2) is 0 Å². The lowest BCUT2D eigenvalue weighted by atomic mass is 9.72. The molecule has 4 nitrogen and oxygen atoms in total. The van der Waals surface area contributed by atoms with Crippen molar-refractivity contribution in [3.63, 3.8) is 0 Å². The van der Waals surface area contributed by atoms with Crippen LogP contribution in [0.3, 0.4) is 0 Å². The number of piperidine rings is 1. The van der Waals surface area contributed by atoms with Crippen LogP contribution in [0, 0.1) is 11.3 Å². The zero-order chi connectivity index (χ0) is 23.9. The molecule has 2 saturated heterocycles. The number of nitrogens with one attached hydrogen (secondary N) is 1. The summed E-state index contributed by atoms with van der Waals surface area (Å²) in [6.07, 6.45) is 5.14. The third kappa shape index (κ3) is 4.09. The quantitative estimate of drug-likeness (QED) is 0.299. The Kier molecular flexibility index (Phi) is 6.15. The molecule has 0 amide bonds. The van der Waals surface area contributed by atoms with Gasteiger partial charge in [-0.1, -0.05) is 36.4 Å². The predicted octanol–water partition coefficient (Wildman–Crippen LogP) is 7.10. The van der Waals surface area contributed by atoms with E-state index in [-0.39, 0.29) is 0 Å². The topological polar surface area (TPSA) is 39.6 Å². The highest BCUT2D eigenvalue weighted by Crippen LogP contribution is 2.53. The Hall–Kier alpha value is -2.63. The Morgan fingerprint density at radius 3 is 2.43 bits per heavy atom.